The van der Waals surface area contributed by atoms with Crippen LogP contribution in [0.2, 0.25) is 0 Å². The monoisotopic (exact) mass is 226 g/mol. The lowest BCUT2D eigenvalue weighted by molar-refractivity contribution is -0.137. The first-order valence-electron chi connectivity index (χ1n) is 5.00. The Morgan fingerprint density at radius 1 is 1.31 bits per heavy atom. The lowest BCUT2D eigenvalue weighted by Crippen LogP contribution is -2.44. The molecule has 5 heteroatoms. The van der Waals surface area contributed by atoms with Crippen molar-refractivity contribution in [3.63, 3.8) is 0 Å². The zero-order valence-electron chi connectivity index (χ0n) is 9.26. The summed E-state index contributed by atoms with van der Waals surface area (Å²) in [5, 5.41) is 8.48. The van der Waals surface area contributed by atoms with Crippen molar-refractivity contribution >= 4 is 11.9 Å². The standard InChI is InChI=1S/C11H18N2O3/c1-3-7-13(8-4-2)11(16)9(12)5-6-10(14)15/h3-4,9H,1-2,5-8,12H2,(H,14,15)/t9-/m0/s1. The third-order valence-corrected chi connectivity index (χ3v) is 2.00. The van der Waals surface area contributed by atoms with Gasteiger partial charge in [0.1, 0.15) is 0 Å². The SMILES string of the molecule is C=CCN(CC=C)C(=O)[C@@H](N)CCC(=O)O. The summed E-state index contributed by atoms with van der Waals surface area (Å²) < 4.78 is 0. The molecule has 0 aliphatic heterocycles. The summed E-state index contributed by atoms with van der Waals surface area (Å²) >= 11 is 0. The van der Waals surface area contributed by atoms with Gasteiger partial charge in [0.05, 0.1) is 6.04 Å². The molecule has 0 fully saturated rings. The van der Waals surface area contributed by atoms with Gasteiger partial charge in [-0.25, -0.2) is 0 Å². The second-order valence-corrected chi connectivity index (χ2v) is 3.36. The van der Waals surface area contributed by atoms with Gasteiger partial charge in [0.2, 0.25) is 5.91 Å². The molecular weight excluding hydrogens is 208 g/mol. The predicted molar refractivity (Wildman–Crippen MR) is 61.8 cm³/mol. The van der Waals surface area contributed by atoms with E-state index < -0.39 is 12.0 Å². The minimum Gasteiger partial charge on any atom is -0.481 e. The van der Waals surface area contributed by atoms with Gasteiger partial charge in [0.15, 0.2) is 0 Å². The largest absolute Gasteiger partial charge is 0.481 e. The van der Waals surface area contributed by atoms with Crippen molar-refractivity contribution in [3.05, 3.63) is 25.3 Å². The molecular formula is C11H18N2O3. The second kappa shape index (κ2) is 7.64. The molecule has 0 spiro atoms. The van der Waals surface area contributed by atoms with Crippen LogP contribution in [0.3, 0.4) is 0 Å². The van der Waals surface area contributed by atoms with Gasteiger partial charge >= 0.3 is 5.97 Å². The number of hydrogen-bond donors (Lipinski definition) is 2. The summed E-state index contributed by atoms with van der Waals surface area (Å²) in [4.78, 5) is 23.6. The van der Waals surface area contributed by atoms with Crippen LogP contribution in [-0.4, -0.2) is 41.0 Å². The van der Waals surface area contributed by atoms with Crippen LogP contribution in [0.1, 0.15) is 12.8 Å². The second-order valence-electron chi connectivity index (χ2n) is 3.36. The van der Waals surface area contributed by atoms with E-state index in [9.17, 15) is 9.59 Å². The molecule has 90 valence electrons. The van der Waals surface area contributed by atoms with E-state index in [1.54, 1.807) is 12.2 Å². The Morgan fingerprint density at radius 3 is 2.19 bits per heavy atom. The van der Waals surface area contributed by atoms with Crippen molar-refractivity contribution in [2.24, 2.45) is 5.73 Å². The predicted octanol–water partition coefficient (Wildman–Crippen LogP) is 0.379. The molecule has 0 aliphatic rings. The fourth-order valence-electron chi connectivity index (χ4n) is 1.20. The summed E-state index contributed by atoms with van der Waals surface area (Å²) in [5.74, 6) is -1.23. The van der Waals surface area contributed by atoms with Gasteiger partial charge < -0.3 is 15.7 Å². The number of rotatable bonds is 8. The number of amides is 1. The maximum atomic E-state index is 11.7. The molecule has 0 aromatic rings. The molecule has 0 heterocycles. The molecule has 0 aromatic carbocycles. The molecule has 0 radical (unpaired) electrons. The molecule has 16 heavy (non-hydrogen) atoms. The summed E-state index contributed by atoms with van der Waals surface area (Å²) in [7, 11) is 0. The number of aliphatic carboxylic acids is 1. The molecule has 3 N–H and O–H groups in total. The van der Waals surface area contributed by atoms with Crippen molar-refractivity contribution in [2.45, 2.75) is 18.9 Å². The smallest absolute Gasteiger partial charge is 0.303 e. The topological polar surface area (TPSA) is 83.6 Å². The first-order valence-corrected chi connectivity index (χ1v) is 5.00. The molecule has 0 aromatic heterocycles. The molecule has 5 nitrogen and oxygen atoms in total. The average molecular weight is 226 g/mol. The Labute approximate surface area is 95.2 Å². The fourth-order valence-corrected chi connectivity index (χ4v) is 1.20. The van der Waals surface area contributed by atoms with Crippen molar-refractivity contribution in [1.82, 2.24) is 4.90 Å². The number of hydrogen-bond acceptors (Lipinski definition) is 3. The molecule has 0 saturated heterocycles. The zero-order valence-corrected chi connectivity index (χ0v) is 9.26. The number of carboxylic acids is 1. The Balaban J connectivity index is 4.29. The van der Waals surface area contributed by atoms with E-state index in [4.69, 9.17) is 10.8 Å². The lowest BCUT2D eigenvalue weighted by atomic mass is 10.1. The van der Waals surface area contributed by atoms with E-state index in [0.29, 0.717) is 13.1 Å². The highest BCUT2D eigenvalue weighted by atomic mass is 16.4. The Morgan fingerprint density at radius 2 is 1.81 bits per heavy atom. The van der Waals surface area contributed by atoms with Gasteiger partial charge in [-0.3, -0.25) is 9.59 Å². The van der Waals surface area contributed by atoms with E-state index in [1.165, 1.54) is 4.90 Å². The van der Waals surface area contributed by atoms with Crippen molar-refractivity contribution < 1.29 is 14.7 Å². The van der Waals surface area contributed by atoms with Crippen LogP contribution in [0.5, 0.6) is 0 Å². The highest BCUT2D eigenvalue weighted by Crippen LogP contribution is 2.01. The van der Waals surface area contributed by atoms with Crippen LogP contribution in [0, 0.1) is 0 Å². The van der Waals surface area contributed by atoms with Gasteiger partial charge in [-0.05, 0) is 6.42 Å². The van der Waals surface area contributed by atoms with Crippen LogP contribution in [0.25, 0.3) is 0 Å². The van der Waals surface area contributed by atoms with Crippen LogP contribution < -0.4 is 5.73 Å². The highest BCUT2D eigenvalue weighted by Gasteiger charge is 2.19. The molecule has 0 bridgehead atoms. The van der Waals surface area contributed by atoms with Crippen LogP contribution >= 0.6 is 0 Å². The van der Waals surface area contributed by atoms with E-state index in [-0.39, 0.29) is 18.7 Å². The summed E-state index contributed by atoms with van der Waals surface area (Å²) in [5.41, 5.74) is 5.60. The summed E-state index contributed by atoms with van der Waals surface area (Å²) in [6.07, 6.45) is 3.21. The Kier molecular flexibility index (Phi) is 6.87. The summed E-state index contributed by atoms with van der Waals surface area (Å²) in [6.45, 7) is 7.83. The lowest BCUT2D eigenvalue weighted by Gasteiger charge is -2.22. The summed E-state index contributed by atoms with van der Waals surface area (Å²) in [6, 6.07) is -0.781. The van der Waals surface area contributed by atoms with Gasteiger partial charge in [-0.1, -0.05) is 12.2 Å². The molecule has 0 rings (SSSR count). The van der Waals surface area contributed by atoms with Gasteiger partial charge in [-0.2, -0.15) is 0 Å². The van der Waals surface area contributed by atoms with Crippen LogP contribution in [0.15, 0.2) is 25.3 Å². The molecule has 0 aliphatic carbocycles. The van der Waals surface area contributed by atoms with E-state index in [2.05, 4.69) is 13.2 Å². The maximum Gasteiger partial charge on any atom is 0.303 e. The first-order chi connectivity index (χ1) is 7.52. The normalized spacial score (nSPS) is 11.6. The third-order valence-electron chi connectivity index (χ3n) is 2.00. The molecule has 1 amide bonds. The molecule has 0 saturated carbocycles. The molecule has 0 unspecified atom stereocenters. The fraction of sp³-hybridized carbons (Fsp3) is 0.455. The first kappa shape index (κ1) is 14.4. The van der Waals surface area contributed by atoms with Gasteiger partial charge in [0, 0.05) is 19.5 Å². The third kappa shape index (κ3) is 5.31. The molecule has 1 atom stereocenters. The quantitative estimate of drug-likeness (QED) is 0.586. The Hall–Kier alpha value is -1.62. The van der Waals surface area contributed by atoms with Crippen LogP contribution in [-0.2, 0) is 9.59 Å². The Bertz CT molecular complexity index is 266. The van der Waals surface area contributed by atoms with Crippen molar-refractivity contribution in [1.29, 1.82) is 0 Å². The van der Waals surface area contributed by atoms with Gasteiger partial charge in [-0.15, -0.1) is 13.2 Å². The van der Waals surface area contributed by atoms with E-state index in [1.807, 2.05) is 0 Å². The van der Waals surface area contributed by atoms with Crippen molar-refractivity contribution in [2.75, 3.05) is 13.1 Å². The van der Waals surface area contributed by atoms with E-state index in [0.717, 1.165) is 0 Å². The minimum absolute atomic E-state index is 0.108. The van der Waals surface area contributed by atoms with E-state index >= 15 is 0 Å². The van der Waals surface area contributed by atoms with Gasteiger partial charge in [0.25, 0.3) is 0 Å². The average Bonchev–Trinajstić information content (AvgIpc) is 2.24. The highest BCUT2D eigenvalue weighted by molar-refractivity contribution is 5.82. The van der Waals surface area contributed by atoms with Crippen molar-refractivity contribution in [3.8, 4) is 0 Å². The number of carbonyl (C=O) groups is 2. The number of nitrogens with two attached hydrogens (primary N) is 1. The van der Waals surface area contributed by atoms with Crippen LogP contribution in [0.4, 0.5) is 0 Å². The number of nitrogens with zero attached hydrogens (tertiary/aromatic N) is 1. The maximum absolute atomic E-state index is 11.7. The zero-order chi connectivity index (χ0) is 12.6. The number of carboxylic acid groups (broad SMARTS) is 1. The number of carbonyl (C=O) groups excluding carboxylic acids is 1. The minimum atomic E-state index is -0.956.